The molecule has 0 aliphatic carbocycles. The number of rotatable bonds is 4. The molecular weight excluding hydrogens is 454 g/mol. The van der Waals surface area contributed by atoms with Crippen molar-refractivity contribution in [2.45, 2.75) is 6.18 Å². The molecule has 3 aromatic carbocycles. The molecule has 5 aromatic rings. The van der Waals surface area contributed by atoms with E-state index < -0.39 is 23.4 Å². The molecule has 0 radical (unpaired) electrons. The van der Waals surface area contributed by atoms with Gasteiger partial charge in [-0.1, -0.05) is 59.9 Å². The van der Waals surface area contributed by atoms with Crippen LogP contribution in [0, 0.1) is 5.82 Å². The highest BCUT2D eigenvalue weighted by atomic mass is 32.1. The highest BCUT2D eigenvalue weighted by Gasteiger charge is 2.40. The summed E-state index contributed by atoms with van der Waals surface area (Å²) in [5.74, 6) is -0.440. The average molecular weight is 467 g/mol. The third-order valence-electron chi connectivity index (χ3n) is 4.75. The van der Waals surface area contributed by atoms with Gasteiger partial charge in [0.25, 0.3) is 0 Å². The Morgan fingerprint density at radius 3 is 2.24 bits per heavy atom. The predicted octanol–water partition coefficient (Wildman–Crippen LogP) is 7.72. The molecule has 0 saturated heterocycles. The molecule has 2 aromatic heterocycles. The van der Waals surface area contributed by atoms with Crippen LogP contribution in [0.15, 0.2) is 89.1 Å². The largest absolute Gasteiger partial charge is 0.437 e. The van der Waals surface area contributed by atoms with Gasteiger partial charge in [0.1, 0.15) is 17.2 Å². The number of fused-ring (bicyclic) bond motifs is 1. The molecule has 0 atom stereocenters. The first-order valence-corrected chi connectivity index (χ1v) is 10.5. The summed E-state index contributed by atoms with van der Waals surface area (Å²) < 4.78 is 57.1. The number of benzene rings is 3. The zero-order valence-electron chi connectivity index (χ0n) is 16.7. The maximum Gasteiger partial charge on any atom is 0.437 e. The van der Waals surface area contributed by atoms with E-state index in [0.29, 0.717) is 21.5 Å². The van der Waals surface area contributed by atoms with E-state index in [-0.39, 0.29) is 10.8 Å². The third-order valence-corrected chi connectivity index (χ3v) is 5.65. The fraction of sp³-hybridized carbons (Fsp3) is 0.0435. The summed E-state index contributed by atoms with van der Waals surface area (Å²) in [4.78, 5) is 4.21. The van der Waals surface area contributed by atoms with Crippen molar-refractivity contribution in [3.63, 3.8) is 0 Å². The standard InChI is InChI=1S/C23H13F4N5S/c24-15-11-12-17-18(13-15)33-22(28-17)30-29-19-20(14-7-3-1-4-8-14)32(16-9-5-2-6-10-16)31-21(19)23(25,26)27/h1-13H. The normalized spacial score (nSPS) is 12.1. The maximum absolute atomic E-state index is 14.0. The van der Waals surface area contributed by atoms with Gasteiger partial charge >= 0.3 is 6.18 Å². The van der Waals surface area contributed by atoms with Crippen molar-refractivity contribution in [1.29, 1.82) is 0 Å². The summed E-state index contributed by atoms with van der Waals surface area (Å²) in [5, 5.41) is 11.9. The molecular formula is C23H13F4N5S. The van der Waals surface area contributed by atoms with E-state index in [2.05, 4.69) is 20.3 Å². The van der Waals surface area contributed by atoms with Crippen molar-refractivity contribution in [2.75, 3.05) is 0 Å². The van der Waals surface area contributed by atoms with Crippen molar-refractivity contribution in [2.24, 2.45) is 10.2 Å². The summed E-state index contributed by atoms with van der Waals surface area (Å²) in [6.07, 6.45) is -4.77. The van der Waals surface area contributed by atoms with Crippen LogP contribution in [0.2, 0.25) is 0 Å². The zero-order valence-corrected chi connectivity index (χ0v) is 17.5. The van der Waals surface area contributed by atoms with Gasteiger partial charge in [-0.2, -0.15) is 18.3 Å². The molecule has 0 N–H and O–H groups in total. The molecule has 5 rings (SSSR count). The molecule has 2 heterocycles. The highest BCUT2D eigenvalue weighted by Crippen LogP contribution is 2.44. The van der Waals surface area contributed by atoms with Crippen molar-refractivity contribution < 1.29 is 17.6 Å². The van der Waals surface area contributed by atoms with E-state index in [4.69, 9.17) is 0 Å². The van der Waals surface area contributed by atoms with Gasteiger partial charge in [0, 0.05) is 5.56 Å². The number of para-hydroxylation sites is 1. The number of aromatic nitrogens is 3. The quantitative estimate of drug-likeness (QED) is 0.201. The molecule has 33 heavy (non-hydrogen) atoms. The second kappa shape index (κ2) is 8.21. The molecule has 10 heteroatoms. The summed E-state index contributed by atoms with van der Waals surface area (Å²) in [6, 6.07) is 21.1. The Labute approximate surface area is 188 Å². The van der Waals surface area contributed by atoms with Crippen molar-refractivity contribution in [3.8, 4) is 16.9 Å². The van der Waals surface area contributed by atoms with Crippen LogP contribution in [0.4, 0.5) is 28.4 Å². The molecule has 0 amide bonds. The van der Waals surface area contributed by atoms with Gasteiger partial charge in [0.2, 0.25) is 5.13 Å². The fourth-order valence-electron chi connectivity index (χ4n) is 3.33. The van der Waals surface area contributed by atoms with Gasteiger partial charge in [-0.3, -0.25) is 0 Å². The molecule has 0 aliphatic heterocycles. The number of alkyl halides is 3. The Balaban J connectivity index is 1.72. The van der Waals surface area contributed by atoms with Crippen LogP contribution < -0.4 is 0 Å². The molecule has 0 fully saturated rings. The Bertz CT molecular complexity index is 1460. The molecule has 5 nitrogen and oxygen atoms in total. The fourth-order valence-corrected chi connectivity index (χ4v) is 4.14. The SMILES string of the molecule is Fc1ccc2nc(N=Nc3c(C(F)(F)F)nn(-c4ccccc4)c3-c3ccccc3)sc2c1. The maximum atomic E-state index is 14.0. The lowest BCUT2D eigenvalue weighted by molar-refractivity contribution is -0.140. The van der Waals surface area contributed by atoms with E-state index in [9.17, 15) is 17.6 Å². The van der Waals surface area contributed by atoms with Gasteiger partial charge < -0.3 is 0 Å². The number of nitrogens with zero attached hydrogens (tertiary/aromatic N) is 5. The molecule has 0 unspecified atom stereocenters. The zero-order chi connectivity index (χ0) is 23.0. The monoisotopic (exact) mass is 467 g/mol. The van der Waals surface area contributed by atoms with Gasteiger partial charge in [-0.05, 0) is 30.3 Å². The van der Waals surface area contributed by atoms with E-state index >= 15 is 0 Å². The van der Waals surface area contributed by atoms with E-state index in [1.807, 2.05) is 0 Å². The summed E-state index contributed by atoms with van der Waals surface area (Å²) in [6.45, 7) is 0. The van der Waals surface area contributed by atoms with E-state index in [0.717, 1.165) is 11.3 Å². The number of hydrogen-bond acceptors (Lipinski definition) is 5. The Morgan fingerprint density at radius 1 is 0.848 bits per heavy atom. The molecule has 0 aliphatic rings. The van der Waals surface area contributed by atoms with E-state index in [1.54, 1.807) is 60.7 Å². The first-order valence-electron chi connectivity index (χ1n) is 9.69. The highest BCUT2D eigenvalue weighted by molar-refractivity contribution is 7.21. The van der Waals surface area contributed by atoms with Crippen LogP contribution in [-0.4, -0.2) is 14.8 Å². The minimum atomic E-state index is -4.77. The molecule has 0 saturated carbocycles. The Morgan fingerprint density at radius 2 is 1.55 bits per heavy atom. The number of hydrogen-bond donors (Lipinski definition) is 0. The minimum absolute atomic E-state index is 0.107. The summed E-state index contributed by atoms with van der Waals surface area (Å²) in [5.41, 5.74) is -0.0350. The summed E-state index contributed by atoms with van der Waals surface area (Å²) >= 11 is 1.03. The second-order valence-electron chi connectivity index (χ2n) is 6.97. The lowest BCUT2D eigenvalue weighted by Gasteiger charge is -2.08. The van der Waals surface area contributed by atoms with Gasteiger partial charge in [-0.25, -0.2) is 14.1 Å². The van der Waals surface area contributed by atoms with Crippen LogP contribution in [0.3, 0.4) is 0 Å². The Kier molecular flexibility index (Phi) is 5.21. The Hall–Kier alpha value is -3.92. The smallest absolute Gasteiger partial charge is 0.230 e. The lowest BCUT2D eigenvalue weighted by atomic mass is 10.1. The van der Waals surface area contributed by atoms with Crippen LogP contribution in [0.1, 0.15) is 5.69 Å². The topological polar surface area (TPSA) is 55.4 Å². The second-order valence-corrected chi connectivity index (χ2v) is 7.97. The molecule has 0 spiro atoms. The molecule has 164 valence electrons. The van der Waals surface area contributed by atoms with E-state index in [1.165, 1.54) is 22.9 Å². The van der Waals surface area contributed by atoms with Crippen molar-refractivity contribution in [3.05, 3.63) is 90.4 Å². The first-order chi connectivity index (χ1) is 15.9. The number of halogens is 4. The first kappa shape index (κ1) is 21.0. The van der Waals surface area contributed by atoms with Crippen LogP contribution in [-0.2, 0) is 6.18 Å². The van der Waals surface area contributed by atoms with Gasteiger partial charge in [0.15, 0.2) is 5.69 Å². The third kappa shape index (κ3) is 4.12. The number of thiazole rings is 1. The lowest BCUT2D eigenvalue weighted by Crippen LogP contribution is -2.07. The average Bonchev–Trinajstić information content (AvgIpc) is 3.39. The number of azo groups is 1. The van der Waals surface area contributed by atoms with Crippen LogP contribution in [0.25, 0.3) is 27.2 Å². The predicted molar refractivity (Wildman–Crippen MR) is 118 cm³/mol. The minimum Gasteiger partial charge on any atom is -0.230 e. The van der Waals surface area contributed by atoms with Crippen LogP contribution in [0.5, 0.6) is 0 Å². The van der Waals surface area contributed by atoms with Crippen LogP contribution >= 0.6 is 11.3 Å². The molecule has 0 bridgehead atoms. The van der Waals surface area contributed by atoms with Gasteiger partial charge in [0.05, 0.1) is 15.9 Å². The van der Waals surface area contributed by atoms with Crippen molar-refractivity contribution >= 4 is 32.4 Å². The van der Waals surface area contributed by atoms with Gasteiger partial charge in [-0.15, -0.1) is 10.2 Å². The summed E-state index contributed by atoms with van der Waals surface area (Å²) in [7, 11) is 0. The van der Waals surface area contributed by atoms with Crippen molar-refractivity contribution in [1.82, 2.24) is 14.8 Å².